The molecular weight excluding hydrogens is 458 g/mol. The molecule has 0 heterocycles. The molecule has 3 N–H and O–H groups in total. The summed E-state index contributed by atoms with van der Waals surface area (Å²) in [6, 6.07) is 0. The summed E-state index contributed by atoms with van der Waals surface area (Å²) in [5, 5.41) is 11.2. The normalized spacial score (nSPS) is 12.1. The molecule has 0 aromatic heterocycles. The largest absolute Gasteiger partial charge is 0.387 e. The van der Waals surface area contributed by atoms with Gasteiger partial charge in [0.05, 0.1) is 0 Å². The van der Waals surface area contributed by atoms with Crippen molar-refractivity contribution in [2.24, 2.45) is 0 Å². The van der Waals surface area contributed by atoms with Crippen LogP contribution in [0, 0.1) is 0 Å². The van der Waals surface area contributed by atoms with Gasteiger partial charge in [-0.05, 0) is 19.3 Å². The van der Waals surface area contributed by atoms with E-state index in [1.807, 2.05) is 0 Å². The second kappa shape index (κ2) is 29.6. The number of rotatable bonds is 31. The Kier molecular flexibility index (Phi) is 29.7. The highest BCUT2D eigenvalue weighted by atomic mass is 28.2. The molecular formula is C31H69N3OSi. The van der Waals surface area contributed by atoms with Crippen LogP contribution in [0.15, 0.2) is 0 Å². The molecule has 0 rings (SSSR count). The van der Waals surface area contributed by atoms with Gasteiger partial charge in [0.1, 0.15) is 0 Å². The Morgan fingerprint density at radius 3 is 0.833 bits per heavy atom. The fraction of sp³-hybridized carbons (Fsp3) is 1.00. The Balaban J connectivity index is 4.22. The van der Waals surface area contributed by atoms with E-state index in [0.717, 1.165) is 30.1 Å². The highest BCUT2D eigenvalue weighted by molar-refractivity contribution is 5.98. The van der Waals surface area contributed by atoms with E-state index < -0.39 is 5.97 Å². The summed E-state index contributed by atoms with van der Waals surface area (Å²) in [5.74, 6) is -0.518. The quantitative estimate of drug-likeness (QED) is 0.0484. The first-order chi connectivity index (χ1) is 17.7. The summed E-state index contributed by atoms with van der Waals surface area (Å²) in [6.07, 6.45) is 32.7. The third-order valence-electron chi connectivity index (χ3n) is 7.52. The average Bonchev–Trinajstić information content (AvgIpc) is 2.89. The van der Waals surface area contributed by atoms with Gasteiger partial charge in [-0.25, -0.2) is 0 Å². The van der Waals surface area contributed by atoms with Crippen molar-refractivity contribution in [2.75, 3.05) is 19.6 Å². The maximum atomic E-state index is 6.16. The van der Waals surface area contributed by atoms with E-state index >= 15 is 0 Å². The zero-order valence-electron chi connectivity index (χ0n) is 25.5. The molecule has 4 nitrogen and oxygen atoms in total. The molecule has 0 fully saturated rings. The van der Waals surface area contributed by atoms with Crippen molar-refractivity contribution in [3.8, 4) is 0 Å². The number of unbranched alkanes of at least 4 members (excludes halogenated alkanes) is 21. The number of hydrogen-bond donors (Lipinski definition) is 3. The first-order valence-electron chi connectivity index (χ1n) is 16.5. The summed E-state index contributed by atoms with van der Waals surface area (Å²) in [6.45, 7) is 9.94. The Morgan fingerprint density at radius 2 is 0.611 bits per heavy atom. The van der Waals surface area contributed by atoms with Crippen LogP contribution in [-0.2, 0) is 4.43 Å². The minimum absolute atomic E-state index is 0.518. The molecule has 0 amide bonds. The fourth-order valence-corrected chi connectivity index (χ4v) is 5.41. The molecule has 0 spiro atoms. The first-order valence-corrected chi connectivity index (χ1v) is 17.4. The van der Waals surface area contributed by atoms with Crippen LogP contribution in [0.5, 0.6) is 0 Å². The fourth-order valence-electron chi connectivity index (χ4n) is 4.97. The van der Waals surface area contributed by atoms with Gasteiger partial charge in [0.2, 0.25) is 5.97 Å². The standard InChI is InChI=1S/C31H69N3OSi/c1-4-7-10-13-16-19-22-25-28-32-31(35-36,33-29-26-23-20-17-14-11-8-5-2)34-30-27-24-21-18-15-12-9-6-3/h32-34H,4-30H2,1-3,36H3. The monoisotopic (exact) mass is 528 g/mol. The predicted molar refractivity (Wildman–Crippen MR) is 166 cm³/mol. The third-order valence-corrected chi connectivity index (χ3v) is 8.13. The molecule has 0 aromatic rings. The summed E-state index contributed by atoms with van der Waals surface area (Å²) in [7, 11) is 0.721. The van der Waals surface area contributed by atoms with Crippen LogP contribution in [0.1, 0.15) is 175 Å². The summed E-state index contributed by atoms with van der Waals surface area (Å²) < 4.78 is 6.16. The third kappa shape index (κ3) is 24.4. The van der Waals surface area contributed by atoms with Crippen LogP contribution in [-0.4, -0.2) is 36.1 Å². The van der Waals surface area contributed by atoms with E-state index in [1.165, 1.54) is 154 Å². The lowest BCUT2D eigenvalue weighted by Gasteiger charge is -2.36. The highest BCUT2D eigenvalue weighted by Crippen LogP contribution is 2.11. The molecule has 0 saturated carbocycles. The molecule has 0 bridgehead atoms. The molecule has 0 unspecified atom stereocenters. The van der Waals surface area contributed by atoms with E-state index in [0.29, 0.717) is 0 Å². The molecule has 0 atom stereocenters. The average molecular weight is 528 g/mol. The van der Waals surface area contributed by atoms with Crippen molar-refractivity contribution < 1.29 is 4.43 Å². The van der Waals surface area contributed by atoms with Gasteiger partial charge in [0.15, 0.2) is 10.5 Å². The van der Waals surface area contributed by atoms with Gasteiger partial charge < -0.3 is 4.43 Å². The first kappa shape index (κ1) is 36.1. The SMILES string of the molecule is CCCCCCCCCCNC(NCCCCCCCCCC)(NCCCCCCCCCC)O[SiH3]. The highest BCUT2D eigenvalue weighted by Gasteiger charge is 2.26. The van der Waals surface area contributed by atoms with E-state index in [4.69, 9.17) is 4.43 Å². The Morgan fingerprint density at radius 1 is 0.389 bits per heavy atom. The smallest absolute Gasteiger partial charge is 0.225 e. The van der Waals surface area contributed by atoms with Crippen molar-refractivity contribution in [3.05, 3.63) is 0 Å². The summed E-state index contributed by atoms with van der Waals surface area (Å²) >= 11 is 0. The lowest BCUT2D eigenvalue weighted by atomic mass is 10.1. The van der Waals surface area contributed by atoms with Gasteiger partial charge in [-0.1, -0.05) is 156 Å². The van der Waals surface area contributed by atoms with Crippen LogP contribution in [0.2, 0.25) is 0 Å². The van der Waals surface area contributed by atoms with E-state index in [-0.39, 0.29) is 0 Å². The topological polar surface area (TPSA) is 45.3 Å². The van der Waals surface area contributed by atoms with E-state index in [1.54, 1.807) is 0 Å². The molecule has 0 radical (unpaired) electrons. The van der Waals surface area contributed by atoms with Gasteiger partial charge in [-0.15, -0.1) is 0 Å². The number of hydrogen-bond acceptors (Lipinski definition) is 4. The Bertz CT molecular complexity index is 356. The maximum Gasteiger partial charge on any atom is 0.225 e. The Hall–Kier alpha value is 0.0569. The van der Waals surface area contributed by atoms with Crippen LogP contribution in [0.4, 0.5) is 0 Å². The van der Waals surface area contributed by atoms with Crippen molar-refractivity contribution in [2.45, 2.75) is 181 Å². The van der Waals surface area contributed by atoms with Crippen LogP contribution in [0.25, 0.3) is 0 Å². The lowest BCUT2D eigenvalue weighted by Crippen LogP contribution is -2.68. The summed E-state index contributed by atoms with van der Waals surface area (Å²) in [5.41, 5.74) is 0. The molecule has 218 valence electrons. The minimum atomic E-state index is -0.518. The minimum Gasteiger partial charge on any atom is -0.387 e. The second-order valence-corrected chi connectivity index (χ2v) is 11.5. The van der Waals surface area contributed by atoms with Crippen molar-refractivity contribution >= 4 is 10.5 Å². The van der Waals surface area contributed by atoms with Crippen molar-refractivity contribution in [3.63, 3.8) is 0 Å². The van der Waals surface area contributed by atoms with Crippen molar-refractivity contribution in [1.82, 2.24) is 16.0 Å². The van der Waals surface area contributed by atoms with E-state index in [9.17, 15) is 0 Å². The van der Waals surface area contributed by atoms with Crippen LogP contribution >= 0.6 is 0 Å². The zero-order chi connectivity index (χ0) is 26.4. The molecule has 0 aromatic carbocycles. The maximum absolute atomic E-state index is 6.16. The molecule has 0 aliphatic heterocycles. The van der Waals surface area contributed by atoms with Gasteiger partial charge in [0, 0.05) is 19.6 Å². The summed E-state index contributed by atoms with van der Waals surface area (Å²) in [4.78, 5) is 0. The molecule has 5 heteroatoms. The van der Waals surface area contributed by atoms with Crippen LogP contribution in [0.3, 0.4) is 0 Å². The predicted octanol–water partition coefficient (Wildman–Crippen LogP) is 8.09. The molecule has 0 aliphatic carbocycles. The lowest BCUT2D eigenvalue weighted by molar-refractivity contribution is -0.0281. The second-order valence-electron chi connectivity index (χ2n) is 11.1. The van der Waals surface area contributed by atoms with E-state index in [2.05, 4.69) is 36.7 Å². The zero-order valence-corrected chi connectivity index (χ0v) is 27.5. The van der Waals surface area contributed by atoms with Gasteiger partial charge in [-0.3, -0.25) is 16.0 Å². The van der Waals surface area contributed by atoms with Crippen LogP contribution < -0.4 is 16.0 Å². The van der Waals surface area contributed by atoms with Gasteiger partial charge >= 0.3 is 0 Å². The van der Waals surface area contributed by atoms with Gasteiger partial charge in [0.25, 0.3) is 0 Å². The van der Waals surface area contributed by atoms with Gasteiger partial charge in [-0.2, -0.15) is 0 Å². The van der Waals surface area contributed by atoms with Crippen molar-refractivity contribution in [1.29, 1.82) is 0 Å². The Labute approximate surface area is 231 Å². The molecule has 0 saturated heterocycles. The molecule has 36 heavy (non-hydrogen) atoms. The number of nitrogens with one attached hydrogen (secondary N) is 3. The molecule has 0 aliphatic rings.